The molecule has 76 valence electrons. The van der Waals surface area contributed by atoms with E-state index in [1.807, 2.05) is 6.92 Å². The van der Waals surface area contributed by atoms with Crippen LogP contribution in [-0.4, -0.2) is 22.9 Å². The first-order valence-electron chi connectivity index (χ1n) is 4.86. The minimum Gasteiger partial charge on any atom is -0.724 e. The molecule has 0 radical (unpaired) electrons. The third-order valence-electron chi connectivity index (χ3n) is 2.61. The molecule has 0 N–H and O–H groups in total. The molecular weight excluding hydrogens is 193 g/mol. The Bertz CT molecular complexity index is 165. The maximum atomic E-state index is 11.0. The molecule has 6 heteroatoms. The molecule has 14 heavy (non-hydrogen) atoms. The summed E-state index contributed by atoms with van der Waals surface area (Å²) in [6.45, 7) is 2.42. The predicted molar refractivity (Wildman–Crippen MR) is 50.3 cm³/mol. The molecule has 5 nitrogen and oxygen atoms in total. The van der Waals surface area contributed by atoms with Gasteiger partial charge in [0.15, 0.2) is 0 Å². The van der Waals surface area contributed by atoms with Crippen molar-refractivity contribution in [3.63, 3.8) is 0 Å². The van der Waals surface area contributed by atoms with Crippen molar-refractivity contribution >= 4 is 0 Å². The number of nitrogens with zero attached hydrogens (tertiary/aromatic N) is 3. The molecule has 0 heterocycles. The number of hydrogen-bond donors (Lipinski definition) is 0. The third kappa shape index (κ3) is 3.82. The quantitative estimate of drug-likeness (QED) is 0.340. The van der Waals surface area contributed by atoms with Crippen molar-refractivity contribution < 1.29 is 29.6 Å². The number of hydrazine groups is 1. The van der Waals surface area contributed by atoms with Gasteiger partial charge in [-0.1, -0.05) is 26.2 Å². The zero-order chi connectivity index (χ0) is 9.68. The summed E-state index contributed by atoms with van der Waals surface area (Å²) >= 11 is 0. The zero-order valence-corrected chi connectivity index (χ0v) is 11.0. The smallest absolute Gasteiger partial charge is 0.724 e. The maximum absolute atomic E-state index is 11.0. The Kier molecular flexibility index (Phi) is 7.76. The molecule has 1 fully saturated rings. The average molecular weight is 209 g/mol. The second-order valence-electron chi connectivity index (χ2n) is 3.38. The summed E-state index contributed by atoms with van der Waals surface area (Å²) in [5.74, 6) is 0. The Morgan fingerprint density at radius 3 is 2.36 bits per heavy atom. The second-order valence-corrected chi connectivity index (χ2v) is 3.38. The first kappa shape index (κ1) is 14.3. The van der Waals surface area contributed by atoms with Gasteiger partial charge in [-0.3, -0.25) is 5.28 Å². The molecule has 0 atom stereocenters. The summed E-state index contributed by atoms with van der Waals surface area (Å²) in [7, 11) is 0. The van der Waals surface area contributed by atoms with Crippen LogP contribution < -0.4 is 29.6 Å². The topological polar surface area (TPSA) is 59.0 Å². The fourth-order valence-corrected chi connectivity index (χ4v) is 1.94. The minimum absolute atomic E-state index is 0. The van der Waals surface area contributed by atoms with E-state index >= 15 is 0 Å². The van der Waals surface area contributed by atoms with Crippen molar-refractivity contribution in [2.45, 2.75) is 45.1 Å². The Hall–Kier alpha value is 0.320. The van der Waals surface area contributed by atoms with Crippen LogP contribution in [0.25, 0.3) is 0 Å². The van der Waals surface area contributed by atoms with E-state index in [4.69, 9.17) is 0 Å². The Balaban J connectivity index is 0.00000169. The van der Waals surface area contributed by atoms with Gasteiger partial charge in [0.25, 0.3) is 0 Å². The molecule has 0 unspecified atom stereocenters. The van der Waals surface area contributed by atoms with Crippen LogP contribution in [0.1, 0.15) is 39.0 Å². The molecule has 0 aromatic rings. The van der Waals surface area contributed by atoms with Crippen molar-refractivity contribution in [3.05, 3.63) is 10.1 Å². The van der Waals surface area contributed by atoms with Gasteiger partial charge in [0.05, 0.1) is 5.29 Å². The molecular formula is C8H16N3NaO2. The van der Waals surface area contributed by atoms with Gasteiger partial charge in [-0.25, -0.2) is 5.01 Å². The van der Waals surface area contributed by atoms with Crippen molar-refractivity contribution in [3.8, 4) is 0 Å². The zero-order valence-electron chi connectivity index (χ0n) is 8.98. The van der Waals surface area contributed by atoms with Gasteiger partial charge in [0.1, 0.15) is 0 Å². The second kappa shape index (κ2) is 7.59. The summed E-state index contributed by atoms with van der Waals surface area (Å²) < 4.78 is 0. The van der Waals surface area contributed by atoms with E-state index in [0.29, 0.717) is 6.54 Å². The minimum atomic E-state index is 0. The fourth-order valence-electron chi connectivity index (χ4n) is 1.94. The molecule has 0 saturated heterocycles. The van der Waals surface area contributed by atoms with Crippen molar-refractivity contribution in [2.75, 3.05) is 6.54 Å². The Labute approximate surface area is 107 Å². The standard InChI is InChI=1S/C8H16N3O2.Na/c1-2-10(11(13)9-12)8-6-4-3-5-7-8;/h8H,2-7H2,1H3;/q-1;+1. The fraction of sp³-hybridized carbons (Fsp3) is 1.00. The Morgan fingerprint density at radius 1 is 1.36 bits per heavy atom. The van der Waals surface area contributed by atoms with E-state index < -0.39 is 0 Å². The molecule has 1 rings (SSSR count). The predicted octanol–water partition coefficient (Wildman–Crippen LogP) is -0.959. The van der Waals surface area contributed by atoms with Crippen molar-refractivity contribution in [1.29, 1.82) is 0 Å². The third-order valence-corrected chi connectivity index (χ3v) is 2.61. The van der Waals surface area contributed by atoms with Gasteiger partial charge in [-0.2, -0.15) is 0 Å². The van der Waals surface area contributed by atoms with E-state index in [1.165, 1.54) is 11.4 Å². The van der Waals surface area contributed by atoms with Crippen molar-refractivity contribution in [2.24, 2.45) is 5.29 Å². The van der Waals surface area contributed by atoms with Gasteiger partial charge >= 0.3 is 29.6 Å². The number of nitroso groups, excluding NO2 is 1. The first-order valence-corrected chi connectivity index (χ1v) is 4.86. The SMILES string of the molecule is CCN(C1CCCCC1)N([O-])N=O.[Na+]. The summed E-state index contributed by atoms with van der Waals surface area (Å²) in [6, 6.07) is 0.217. The molecule has 0 aromatic carbocycles. The van der Waals surface area contributed by atoms with E-state index in [0.717, 1.165) is 25.7 Å². The first-order chi connectivity index (χ1) is 6.29. The number of rotatable bonds is 4. The molecule has 1 aliphatic carbocycles. The molecule has 0 amide bonds. The number of hydrogen-bond acceptors (Lipinski definition) is 4. The van der Waals surface area contributed by atoms with Crippen molar-refractivity contribution in [1.82, 2.24) is 10.3 Å². The molecule has 0 aliphatic heterocycles. The summed E-state index contributed by atoms with van der Waals surface area (Å²) in [5.41, 5.74) is 0. The molecule has 0 aromatic heterocycles. The van der Waals surface area contributed by atoms with Gasteiger partial charge in [0.2, 0.25) is 0 Å². The molecule has 1 saturated carbocycles. The van der Waals surface area contributed by atoms with E-state index in [1.54, 1.807) is 0 Å². The van der Waals surface area contributed by atoms with Gasteiger partial charge in [-0.15, -0.1) is 4.91 Å². The van der Waals surface area contributed by atoms with Crippen LogP contribution in [0.5, 0.6) is 0 Å². The van der Waals surface area contributed by atoms with Gasteiger partial charge in [-0.05, 0) is 12.8 Å². The van der Waals surface area contributed by atoms with Crippen LogP contribution in [0, 0.1) is 10.1 Å². The van der Waals surface area contributed by atoms with Gasteiger partial charge < -0.3 is 5.21 Å². The van der Waals surface area contributed by atoms with Crippen LogP contribution >= 0.6 is 0 Å². The van der Waals surface area contributed by atoms with E-state index in [9.17, 15) is 10.1 Å². The largest absolute Gasteiger partial charge is 1.00 e. The maximum Gasteiger partial charge on any atom is 1.00 e. The van der Waals surface area contributed by atoms with Crippen LogP contribution in [-0.2, 0) is 0 Å². The van der Waals surface area contributed by atoms with Crippen LogP contribution in [0.2, 0.25) is 0 Å². The summed E-state index contributed by atoms with van der Waals surface area (Å²) in [5, 5.41) is 15.1. The van der Waals surface area contributed by atoms with E-state index in [-0.39, 0.29) is 40.9 Å². The summed E-state index contributed by atoms with van der Waals surface area (Å²) in [6.07, 6.45) is 5.54. The van der Waals surface area contributed by atoms with Gasteiger partial charge in [0, 0.05) is 12.6 Å². The monoisotopic (exact) mass is 209 g/mol. The molecule has 0 bridgehead atoms. The average Bonchev–Trinajstić information content (AvgIpc) is 2.20. The van der Waals surface area contributed by atoms with Crippen LogP contribution in [0.3, 0.4) is 0 Å². The molecule has 0 spiro atoms. The van der Waals surface area contributed by atoms with Crippen LogP contribution in [0.4, 0.5) is 0 Å². The normalized spacial score (nSPS) is 17.6. The Morgan fingerprint density at radius 2 is 1.93 bits per heavy atom. The van der Waals surface area contributed by atoms with Crippen LogP contribution in [0.15, 0.2) is 5.29 Å². The molecule has 1 aliphatic rings. The van der Waals surface area contributed by atoms with E-state index in [2.05, 4.69) is 5.29 Å². The summed E-state index contributed by atoms with van der Waals surface area (Å²) in [4.78, 5) is 10.1.